The highest BCUT2D eigenvalue weighted by Gasteiger charge is 2.21. The van der Waals surface area contributed by atoms with Gasteiger partial charge in [0.15, 0.2) is 0 Å². The van der Waals surface area contributed by atoms with Crippen LogP contribution in [0.3, 0.4) is 0 Å². The fourth-order valence-corrected chi connectivity index (χ4v) is 3.65. The van der Waals surface area contributed by atoms with E-state index in [-0.39, 0.29) is 12.4 Å². The minimum atomic E-state index is 0. The predicted octanol–water partition coefficient (Wildman–Crippen LogP) is 4.40. The second kappa shape index (κ2) is 9.05. The minimum Gasteiger partial charge on any atom is -0.497 e. The van der Waals surface area contributed by atoms with Crippen molar-refractivity contribution in [3.63, 3.8) is 0 Å². The lowest BCUT2D eigenvalue weighted by molar-refractivity contribution is 0.280. The first-order valence-electron chi connectivity index (χ1n) is 8.56. The molecule has 0 bridgehead atoms. The lowest BCUT2D eigenvalue weighted by atomic mass is 9.82. The van der Waals surface area contributed by atoms with Gasteiger partial charge in [0.2, 0.25) is 0 Å². The molecular weight excluding hydrogens is 320 g/mol. The zero-order chi connectivity index (χ0) is 16.1. The number of hydrogen-bond acceptors (Lipinski definition) is 3. The smallest absolute Gasteiger partial charge is 0.119 e. The Morgan fingerprint density at radius 1 is 1.38 bits per heavy atom. The number of rotatable bonds is 6. The highest BCUT2D eigenvalue weighted by Crippen LogP contribution is 2.27. The van der Waals surface area contributed by atoms with E-state index in [0.717, 1.165) is 36.7 Å². The third-order valence-corrected chi connectivity index (χ3v) is 5.04. The molecule has 0 unspecified atom stereocenters. The molecule has 1 aliphatic rings. The summed E-state index contributed by atoms with van der Waals surface area (Å²) in [5.41, 5.74) is 2.42. The van der Waals surface area contributed by atoms with Gasteiger partial charge in [0.25, 0.3) is 0 Å². The Hall–Kier alpha value is -1.58. The van der Waals surface area contributed by atoms with E-state index >= 15 is 0 Å². The maximum Gasteiger partial charge on any atom is 0.119 e. The van der Waals surface area contributed by atoms with E-state index in [2.05, 4.69) is 35.1 Å². The maximum absolute atomic E-state index is 5.36. The third-order valence-electron chi connectivity index (χ3n) is 5.04. The van der Waals surface area contributed by atoms with Crippen molar-refractivity contribution in [2.24, 2.45) is 11.8 Å². The van der Waals surface area contributed by atoms with Gasteiger partial charge in [0, 0.05) is 18.1 Å². The van der Waals surface area contributed by atoms with Gasteiger partial charge in [0.05, 0.1) is 12.6 Å². The van der Waals surface area contributed by atoms with Crippen LogP contribution in [0, 0.1) is 11.8 Å². The molecule has 2 aromatic rings. The van der Waals surface area contributed by atoms with Crippen molar-refractivity contribution in [2.45, 2.75) is 25.7 Å². The summed E-state index contributed by atoms with van der Waals surface area (Å²) in [7, 11) is 1.71. The number of ether oxygens (including phenoxy) is 1. The lowest BCUT2D eigenvalue weighted by Crippen LogP contribution is -2.35. The molecule has 4 heteroatoms. The van der Waals surface area contributed by atoms with E-state index in [4.69, 9.17) is 4.74 Å². The van der Waals surface area contributed by atoms with Crippen molar-refractivity contribution in [3.8, 4) is 5.75 Å². The fraction of sp³-hybridized carbons (Fsp3) is 0.450. The van der Waals surface area contributed by atoms with Crippen LogP contribution < -0.4 is 10.1 Å². The number of benzene rings is 1. The van der Waals surface area contributed by atoms with Crippen molar-refractivity contribution in [1.29, 1.82) is 0 Å². The first kappa shape index (κ1) is 18.8. The number of halogens is 1. The number of nitrogens with zero attached hydrogens (tertiary/aromatic N) is 1. The predicted molar refractivity (Wildman–Crippen MR) is 103 cm³/mol. The molecule has 3 rings (SSSR count). The Kier molecular flexibility index (Phi) is 7.07. The molecule has 3 nitrogen and oxygen atoms in total. The van der Waals surface area contributed by atoms with Crippen LogP contribution in [0.15, 0.2) is 43.1 Å². The largest absolute Gasteiger partial charge is 0.497 e. The highest BCUT2D eigenvalue weighted by atomic mass is 35.5. The number of pyridine rings is 1. The molecule has 24 heavy (non-hydrogen) atoms. The van der Waals surface area contributed by atoms with Crippen molar-refractivity contribution >= 4 is 23.3 Å². The van der Waals surface area contributed by atoms with Gasteiger partial charge in [0.1, 0.15) is 5.75 Å². The molecular formula is C20H27ClN2O. The summed E-state index contributed by atoms with van der Waals surface area (Å²) >= 11 is 0. The molecule has 1 N–H and O–H groups in total. The zero-order valence-corrected chi connectivity index (χ0v) is 15.1. The molecule has 0 radical (unpaired) electrons. The molecule has 1 aromatic carbocycles. The molecule has 0 spiro atoms. The maximum atomic E-state index is 5.36. The number of hydrogen-bond donors (Lipinski definition) is 1. The summed E-state index contributed by atoms with van der Waals surface area (Å²) in [4.78, 5) is 4.46. The van der Waals surface area contributed by atoms with Crippen LogP contribution in [0.25, 0.3) is 10.9 Å². The molecule has 2 heterocycles. The molecule has 1 fully saturated rings. The van der Waals surface area contributed by atoms with Gasteiger partial charge in [-0.3, -0.25) is 4.98 Å². The van der Waals surface area contributed by atoms with Gasteiger partial charge in [-0.15, -0.1) is 19.0 Å². The van der Waals surface area contributed by atoms with Crippen LogP contribution in [0.4, 0.5) is 0 Å². The molecule has 0 saturated carbocycles. The first-order chi connectivity index (χ1) is 11.3. The molecule has 1 aliphatic heterocycles. The van der Waals surface area contributed by atoms with Crippen LogP contribution in [0.1, 0.15) is 24.8 Å². The zero-order valence-electron chi connectivity index (χ0n) is 14.3. The minimum absolute atomic E-state index is 0. The first-order valence-corrected chi connectivity index (χ1v) is 8.56. The summed E-state index contributed by atoms with van der Waals surface area (Å²) in [6.45, 7) is 6.23. The molecule has 1 aromatic heterocycles. The fourth-order valence-electron chi connectivity index (χ4n) is 3.65. The summed E-state index contributed by atoms with van der Waals surface area (Å²) in [6.07, 6.45) is 8.89. The van der Waals surface area contributed by atoms with Gasteiger partial charge in [-0.25, -0.2) is 0 Å². The summed E-state index contributed by atoms with van der Waals surface area (Å²) < 4.78 is 5.36. The average molecular weight is 347 g/mol. The summed E-state index contributed by atoms with van der Waals surface area (Å²) in [5, 5.41) is 4.69. The van der Waals surface area contributed by atoms with Crippen molar-refractivity contribution in [3.05, 3.63) is 48.7 Å². The van der Waals surface area contributed by atoms with E-state index in [1.165, 1.54) is 30.2 Å². The summed E-state index contributed by atoms with van der Waals surface area (Å²) in [6, 6.07) is 8.27. The molecule has 130 valence electrons. The van der Waals surface area contributed by atoms with Crippen LogP contribution in [-0.2, 0) is 6.42 Å². The van der Waals surface area contributed by atoms with E-state index < -0.39 is 0 Å². The van der Waals surface area contributed by atoms with Crippen molar-refractivity contribution in [2.75, 3.05) is 20.2 Å². The number of nitrogens with one attached hydrogen (secondary N) is 1. The van der Waals surface area contributed by atoms with E-state index in [1.807, 2.05) is 18.3 Å². The van der Waals surface area contributed by atoms with Crippen LogP contribution in [0.5, 0.6) is 5.75 Å². The Morgan fingerprint density at radius 2 is 2.25 bits per heavy atom. The topological polar surface area (TPSA) is 34.2 Å². The molecule has 0 aliphatic carbocycles. The van der Waals surface area contributed by atoms with Gasteiger partial charge >= 0.3 is 0 Å². The number of aromatic nitrogens is 1. The number of piperidine rings is 1. The molecule has 0 amide bonds. The Morgan fingerprint density at radius 3 is 3.04 bits per heavy atom. The molecule has 1 saturated heterocycles. The van der Waals surface area contributed by atoms with Crippen LogP contribution in [0.2, 0.25) is 0 Å². The second-order valence-electron chi connectivity index (χ2n) is 6.40. The standard InChI is InChI=1S/C20H26N2O.ClH/c1-3-15-14-21-11-9-16(15)5-4-6-17-10-12-22-20-8-7-18(23-2)13-19(17)20;/h3,7-8,10,12-13,15-16,21H,1,4-6,9,11,14H2,2H3;1H/t15-,16+;/m0./s1. The normalized spacial score (nSPS) is 20.4. The van der Waals surface area contributed by atoms with E-state index in [9.17, 15) is 0 Å². The van der Waals surface area contributed by atoms with Gasteiger partial charge < -0.3 is 10.1 Å². The molecule has 2 atom stereocenters. The van der Waals surface area contributed by atoms with Crippen LogP contribution >= 0.6 is 12.4 Å². The number of fused-ring (bicyclic) bond motifs is 1. The van der Waals surface area contributed by atoms with Crippen molar-refractivity contribution in [1.82, 2.24) is 10.3 Å². The van der Waals surface area contributed by atoms with Crippen molar-refractivity contribution < 1.29 is 4.74 Å². The van der Waals surface area contributed by atoms with Gasteiger partial charge in [-0.05, 0) is 73.9 Å². The Bertz CT molecular complexity index is 674. The second-order valence-corrected chi connectivity index (χ2v) is 6.40. The number of aryl methyl sites for hydroxylation is 1. The van der Waals surface area contributed by atoms with Gasteiger partial charge in [-0.2, -0.15) is 0 Å². The number of methoxy groups -OCH3 is 1. The Balaban J connectivity index is 0.00000208. The van der Waals surface area contributed by atoms with E-state index in [0.29, 0.717) is 5.92 Å². The third kappa shape index (κ3) is 4.28. The Labute approximate surface area is 150 Å². The van der Waals surface area contributed by atoms with Crippen LogP contribution in [-0.4, -0.2) is 25.2 Å². The monoisotopic (exact) mass is 346 g/mol. The van der Waals surface area contributed by atoms with E-state index in [1.54, 1.807) is 7.11 Å². The highest BCUT2D eigenvalue weighted by molar-refractivity contribution is 5.85. The average Bonchev–Trinajstić information content (AvgIpc) is 2.62. The SMILES string of the molecule is C=C[C@H]1CNCC[C@H]1CCCc1ccnc2ccc(OC)cc12.Cl. The lowest BCUT2D eigenvalue weighted by Gasteiger charge is -2.30. The summed E-state index contributed by atoms with van der Waals surface area (Å²) in [5.74, 6) is 2.30. The quantitative estimate of drug-likeness (QED) is 0.787. The van der Waals surface area contributed by atoms with Gasteiger partial charge in [-0.1, -0.05) is 6.08 Å².